The Hall–Kier alpha value is -1.28. The molecule has 0 heterocycles. The summed E-state index contributed by atoms with van der Waals surface area (Å²) in [5.41, 5.74) is 0. The van der Waals surface area contributed by atoms with Crippen LogP contribution in [0, 0.1) is 0 Å². The molecule has 0 aromatic carbocycles. The fourth-order valence-corrected chi connectivity index (χ4v) is 5.73. The molecule has 1 amide bonds. The maximum Gasteiger partial charge on any atom is 0.268 e. The van der Waals surface area contributed by atoms with E-state index in [4.69, 9.17) is 9.05 Å². The van der Waals surface area contributed by atoms with Gasteiger partial charge in [0.2, 0.25) is 5.91 Å². The van der Waals surface area contributed by atoms with Gasteiger partial charge in [-0.1, -0.05) is 134 Å². The van der Waals surface area contributed by atoms with Crippen molar-refractivity contribution in [2.45, 2.75) is 161 Å². The van der Waals surface area contributed by atoms with Gasteiger partial charge >= 0.3 is 0 Å². The van der Waals surface area contributed by atoms with E-state index >= 15 is 0 Å². The van der Waals surface area contributed by atoms with E-state index in [-0.39, 0.29) is 12.5 Å². The smallest absolute Gasteiger partial charge is 0.268 e. The van der Waals surface area contributed by atoms with Crippen LogP contribution in [-0.4, -0.2) is 68.5 Å². The van der Waals surface area contributed by atoms with Gasteiger partial charge in [-0.25, -0.2) is 0 Å². The molecule has 0 aromatic heterocycles. The molecule has 276 valence electrons. The van der Waals surface area contributed by atoms with E-state index in [2.05, 4.69) is 43.5 Å². The van der Waals surface area contributed by atoms with Crippen LogP contribution in [0.1, 0.15) is 149 Å². The molecule has 0 saturated carbocycles. The number of allylic oxidation sites excluding steroid dienone is 5. The lowest BCUT2D eigenvalue weighted by atomic mass is 10.1. The van der Waals surface area contributed by atoms with Crippen LogP contribution < -0.4 is 10.2 Å². The lowest BCUT2D eigenvalue weighted by molar-refractivity contribution is -0.870. The van der Waals surface area contributed by atoms with E-state index in [1.165, 1.54) is 83.5 Å². The van der Waals surface area contributed by atoms with Crippen molar-refractivity contribution in [1.29, 1.82) is 0 Å². The van der Waals surface area contributed by atoms with Crippen LogP contribution in [0.3, 0.4) is 0 Å². The summed E-state index contributed by atoms with van der Waals surface area (Å²) in [6.45, 7) is 4.53. The minimum absolute atomic E-state index is 0.00880. The fraction of sp³-hybridized carbons (Fsp3) is 0.816. The molecular weight excluding hydrogens is 611 g/mol. The van der Waals surface area contributed by atoms with E-state index in [9.17, 15) is 19.4 Å². The third-order valence-electron chi connectivity index (χ3n) is 8.08. The van der Waals surface area contributed by atoms with Crippen LogP contribution in [-0.2, 0) is 18.4 Å². The van der Waals surface area contributed by atoms with Gasteiger partial charge in [0.1, 0.15) is 13.2 Å². The molecule has 0 aliphatic rings. The first-order valence-corrected chi connectivity index (χ1v) is 20.3. The molecule has 0 spiro atoms. The second-order valence-corrected chi connectivity index (χ2v) is 15.3. The van der Waals surface area contributed by atoms with Crippen molar-refractivity contribution in [1.82, 2.24) is 5.32 Å². The monoisotopic (exact) mass is 685 g/mol. The molecule has 9 heteroatoms. The van der Waals surface area contributed by atoms with Crippen LogP contribution in [0.5, 0.6) is 0 Å². The molecule has 0 saturated heterocycles. The molecule has 0 fully saturated rings. The molecule has 3 unspecified atom stereocenters. The highest BCUT2D eigenvalue weighted by molar-refractivity contribution is 7.45. The predicted octanol–water partition coefficient (Wildman–Crippen LogP) is 8.94. The number of unbranched alkanes of at least 4 members (excludes halogenated alkanes) is 16. The molecule has 0 radical (unpaired) electrons. The van der Waals surface area contributed by atoms with E-state index < -0.39 is 26.6 Å². The lowest BCUT2D eigenvalue weighted by Crippen LogP contribution is -2.45. The number of likely N-dealkylation sites (N-methyl/N-ethyl adjacent to an activating group) is 1. The molecule has 0 rings (SSSR count). The first kappa shape index (κ1) is 45.7. The van der Waals surface area contributed by atoms with Gasteiger partial charge in [-0.15, -0.1) is 0 Å². The maximum atomic E-state index is 12.6. The van der Waals surface area contributed by atoms with Crippen LogP contribution in [0.4, 0.5) is 0 Å². The van der Waals surface area contributed by atoms with E-state index in [1.54, 1.807) is 6.08 Å². The average Bonchev–Trinajstić information content (AvgIpc) is 3.01. The summed E-state index contributed by atoms with van der Waals surface area (Å²) in [4.78, 5) is 25.0. The summed E-state index contributed by atoms with van der Waals surface area (Å²) in [6, 6.07) is -0.902. The molecule has 0 bridgehead atoms. The Morgan fingerprint density at radius 2 is 1.19 bits per heavy atom. The van der Waals surface area contributed by atoms with Gasteiger partial charge in [0.25, 0.3) is 7.82 Å². The number of carbonyl (C=O) groups is 1. The number of aliphatic hydroxyl groups is 1. The normalized spacial score (nSPS) is 15.1. The van der Waals surface area contributed by atoms with E-state index in [0.717, 1.165) is 44.9 Å². The van der Waals surface area contributed by atoms with Crippen LogP contribution in [0.25, 0.3) is 0 Å². The number of phosphoric acid groups is 1. The van der Waals surface area contributed by atoms with Gasteiger partial charge in [-0.3, -0.25) is 9.36 Å². The van der Waals surface area contributed by atoms with Crippen molar-refractivity contribution in [3.05, 3.63) is 36.5 Å². The average molecular weight is 685 g/mol. The molecule has 0 aromatic rings. The second kappa shape index (κ2) is 30.8. The highest BCUT2D eigenvalue weighted by Crippen LogP contribution is 2.38. The van der Waals surface area contributed by atoms with Gasteiger partial charge in [0.05, 0.1) is 39.9 Å². The second-order valence-electron chi connectivity index (χ2n) is 13.9. The Balaban J connectivity index is 4.54. The van der Waals surface area contributed by atoms with Crippen LogP contribution in [0.2, 0.25) is 0 Å². The Morgan fingerprint density at radius 1 is 0.723 bits per heavy atom. The molecule has 47 heavy (non-hydrogen) atoms. The zero-order valence-electron chi connectivity index (χ0n) is 31.0. The molecule has 8 nitrogen and oxygen atoms in total. The molecule has 2 N–H and O–H groups in total. The fourth-order valence-electron chi connectivity index (χ4n) is 5.00. The summed E-state index contributed by atoms with van der Waals surface area (Å²) in [6.07, 6.45) is 34.9. The van der Waals surface area contributed by atoms with Gasteiger partial charge in [0, 0.05) is 6.42 Å². The number of hydrogen-bond acceptors (Lipinski definition) is 6. The van der Waals surface area contributed by atoms with E-state index in [0.29, 0.717) is 17.4 Å². The van der Waals surface area contributed by atoms with Crippen molar-refractivity contribution < 1.29 is 32.9 Å². The SMILES string of the molecule is CCCCCCCCCC/C=C/CC/C=C/CC/C=C/C(O)C(COP(=O)([O-])OCC[N+](C)(C)C)NC(=O)CCCCCCCCC. The molecule has 0 aliphatic carbocycles. The van der Waals surface area contributed by atoms with Gasteiger partial charge < -0.3 is 28.8 Å². The van der Waals surface area contributed by atoms with Crippen molar-refractivity contribution in [3.63, 3.8) is 0 Å². The van der Waals surface area contributed by atoms with Crippen molar-refractivity contribution in [2.24, 2.45) is 0 Å². The Kier molecular flexibility index (Phi) is 29.9. The molecule has 0 aliphatic heterocycles. The Bertz CT molecular complexity index is 871. The topological polar surface area (TPSA) is 108 Å². The largest absolute Gasteiger partial charge is 0.756 e. The van der Waals surface area contributed by atoms with Crippen molar-refractivity contribution in [2.75, 3.05) is 40.9 Å². The zero-order chi connectivity index (χ0) is 35.1. The zero-order valence-corrected chi connectivity index (χ0v) is 31.9. The number of phosphoric ester groups is 1. The Labute approximate surface area is 289 Å². The summed E-state index contributed by atoms with van der Waals surface area (Å²) >= 11 is 0. The third kappa shape index (κ3) is 33.0. The number of carbonyl (C=O) groups excluding carboxylic acids is 1. The quantitative estimate of drug-likeness (QED) is 0.0309. The number of hydrogen-bond donors (Lipinski definition) is 2. The highest BCUT2D eigenvalue weighted by atomic mass is 31.2. The maximum absolute atomic E-state index is 12.6. The van der Waals surface area contributed by atoms with E-state index in [1.807, 2.05) is 27.2 Å². The number of amides is 1. The van der Waals surface area contributed by atoms with Gasteiger partial charge in [0.15, 0.2) is 0 Å². The van der Waals surface area contributed by atoms with Gasteiger partial charge in [-0.2, -0.15) is 0 Å². The number of nitrogens with one attached hydrogen (secondary N) is 1. The summed E-state index contributed by atoms with van der Waals surface area (Å²) < 4.78 is 23.0. The first-order chi connectivity index (χ1) is 22.5. The minimum Gasteiger partial charge on any atom is -0.756 e. The minimum atomic E-state index is -4.58. The number of quaternary nitrogens is 1. The summed E-state index contributed by atoms with van der Waals surface area (Å²) in [5, 5.41) is 13.6. The van der Waals surface area contributed by atoms with Gasteiger partial charge in [-0.05, 0) is 44.9 Å². The van der Waals surface area contributed by atoms with Crippen molar-refractivity contribution in [3.8, 4) is 0 Å². The lowest BCUT2D eigenvalue weighted by Gasteiger charge is -2.29. The molecular formula is C38H73N2O6P. The summed E-state index contributed by atoms with van der Waals surface area (Å²) in [5.74, 6) is -0.221. The van der Waals surface area contributed by atoms with Crippen LogP contribution in [0.15, 0.2) is 36.5 Å². The van der Waals surface area contributed by atoms with Crippen LogP contribution >= 0.6 is 7.82 Å². The Morgan fingerprint density at radius 3 is 1.72 bits per heavy atom. The standard InChI is InChI=1S/C38H73N2O6P/c1-6-8-10-12-14-15-16-17-18-19-20-21-22-23-24-26-27-29-31-37(41)36(35-46-47(43,44)45-34-33-40(3,4)5)39-38(42)32-30-28-25-13-11-9-7-2/h19-20,23-24,29,31,36-37,41H,6-18,21-22,25-28,30,32-35H2,1-5H3,(H-,39,42,43,44)/b20-19+,24-23+,31-29+. The number of aliphatic hydroxyl groups excluding tert-OH is 1. The first-order valence-electron chi connectivity index (χ1n) is 18.9. The van der Waals surface area contributed by atoms with Crippen molar-refractivity contribution >= 4 is 13.7 Å². The predicted molar refractivity (Wildman–Crippen MR) is 196 cm³/mol. The number of nitrogens with zero attached hydrogens (tertiary/aromatic N) is 1. The highest BCUT2D eigenvalue weighted by Gasteiger charge is 2.23. The number of rotatable bonds is 33. The third-order valence-corrected chi connectivity index (χ3v) is 9.04. The summed E-state index contributed by atoms with van der Waals surface area (Å²) in [7, 11) is 1.23. The molecule has 3 atom stereocenters.